The van der Waals surface area contributed by atoms with Gasteiger partial charge in [0.2, 0.25) is 0 Å². The van der Waals surface area contributed by atoms with Crippen LogP contribution in [0, 0.1) is 0 Å². The maximum absolute atomic E-state index is 11.9. The predicted molar refractivity (Wildman–Crippen MR) is 198 cm³/mol. The molecule has 0 saturated carbocycles. The number of phenols is 1. The number of imidazole rings is 1. The molecule has 1 aliphatic rings. The van der Waals surface area contributed by atoms with Crippen molar-refractivity contribution < 1.29 is 5.11 Å². The van der Waals surface area contributed by atoms with E-state index in [4.69, 9.17) is 9.97 Å². The lowest BCUT2D eigenvalue weighted by atomic mass is 9.83. The molecule has 0 spiro atoms. The fourth-order valence-electron chi connectivity index (χ4n) is 7.17. The van der Waals surface area contributed by atoms with Crippen molar-refractivity contribution in [3.05, 3.63) is 144 Å². The molecule has 0 bridgehead atoms. The lowest BCUT2D eigenvalue weighted by Crippen LogP contribution is -2.11. The van der Waals surface area contributed by atoms with Crippen LogP contribution in [-0.4, -0.2) is 19.6 Å². The first-order valence-corrected chi connectivity index (χ1v) is 16.9. The summed E-state index contributed by atoms with van der Waals surface area (Å²) in [6.45, 7) is 6.75. The van der Waals surface area contributed by atoms with Crippen LogP contribution in [0.5, 0.6) is 5.75 Å². The van der Waals surface area contributed by atoms with Crippen LogP contribution in [0.2, 0.25) is 0 Å². The molecule has 0 atom stereocenters. The van der Waals surface area contributed by atoms with Crippen LogP contribution in [0.3, 0.4) is 0 Å². The second kappa shape index (κ2) is 12.0. The van der Waals surface area contributed by atoms with E-state index in [0.717, 1.165) is 92.9 Å². The highest BCUT2D eigenvalue weighted by atomic mass is 16.3. The van der Waals surface area contributed by atoms with Gasteiger partial charge in [-0.2, -0.15) is 0 Å². The van der Waals surface area contributed by atoms with E-state index in [-0.39, 0.29) is 5.41 Å². The fraction of sp³-hybridized carbons (Fsp3) is 0.182. The summed E-state index contributed by atoms with van der Waals surface area (Å²) in [5.74, 6) is 1.10. The molecule has 236 valence electrons. The average Bonchev–Trinajstić information content (AvgIpc) is 3.51. The standard InChI is InChI=1S/C44H39N3O/c1-44(2,3)33-27-31(26-32(28-33)38-20-11-12-25-45-38)35-19-13-22-40-41(35)46-43(37-24-23-30-16-7-8-18-36(30)42(37)48)47(40)39-21-10-9-17-34(39)29-14-5-4-6-15-29/h4-6,9-15,17,19-28,48H,7-8,16,18H2,1-3H3. The Morgan fingerprint density at radius 1 is 0.646 bits per heavy atom. The molecule has 2 heterocycles. The monoisotopic (exact) mass is 625 g/mol. The molecule has 0 radical (unpaired) electrons. The summed E-state index contributed by atoms with van der Waals surface area (Å²) < 4.78 is 2.25. The van der Waals surface area contributed by atoms with Crippen LogP contribution in [0.25, 0.3) is 61.6 Å². The van der Waals surface area contributed by atoms with Gasteiger partial charge in [-0.3, -0.25) is 9.55 Å². The van der Waals surface area contributed by atoms with Gasteiger partial charge >= 0.3 is 0 Å². The molecule has 0 saturated heterocycles. The number of pyridine rings is 1. The van der Waals surface area contributed by atoms with Gasteiger partial charge < -0.3 is 5.11 Å². The van der Waals surface area contributed by atoms with Crippen molar-refractivity contribution in [2.75, 3.05) is 0 Å². The Balaban J connectivity index is 1.43. The summed E-state index contributed by atoms with van der Waals surface area (Å²) in [6.07, 6.45) is 5.99. The molecule has 0 amide bonds. The van der Waals surface area contributed by atoms with E-state index in [1.54, 1.807) is 0 Å². The summed E-state index contributed by atoms with van der Waals surface area (Å²) in [6, 6.07) is 42.6. The van der Waals surface area contributed by atoms with E-state index in [9.17, 15) is 5.11 Å². The molecule has 48 heavy (non-hydrogen) atoms. The van der Waals surface area contributed by atoms with Crippen LogP contribution in [0.1, 0.15) is 50.3 Å². The van der Waals surface area contributed by atoms with Crippen molar-refractivity contribution in [1.82, 2.24) is 14.5 Å². The normalized spacial score (nSPS) is 13.1. The molecule has 4 nitrogen and oxygen atoms in total. The van der Waals surface area contributed by atoms with Crippen molar-refractivity contribution in [3.8, 4) is 56.3 Å². The number of phenolic OH excluding ortho intramolecular Hbond substituents is 1. The summed E-state index contributed by atoms with van der Waals surface area (Å²) >= 11 is 0. The molecule has 8 rings (SSSR count). The molecule has 0 fully saturated rings. The van der Waals surface area contributed by atoms with E-state index >= 15 is 0 Å². The van der Waals surface area contributed by atoms with E-state index < -0.39 is 0 Å². The summed E-state index contributed by atoms with van der Waals surface area (Å²) in [5.41, 5.74) is 13.5. The van der Waals surface area contributed by atoms with Gasteiger partial charge in [-0.05, 0) is 101 Å². The number of aromatic nitrogens is 3. The zero-order valence-electron chi connectivity index (χ0n) is 27.7. The number of hydrogen-bond donors (Lipinski definition) is 1. The highest BCUT2D eigenvalue weighted by Crippen LogP contribution is 2.43. The van der Waals surface area contributed by atoms with Crippen LogP contribution < -0.4 is 0 Å². The predicted octanol–water partition coefficient (Wildman–Crippen LogP) is 11.0. The first-order chi connectivity index (χ1) is 23.4. The van der Waals surface area contributed by atoms with Crippen molar-refractivity contribution in [2.45, 2.75) is 51.9 Å². The number of aromatic hydroxyl groups is 1. The first kappa shape index (κ1) is 29.9. The average molecular weight is 626 g/mol. The number of aryl methyl sites for hydroxylation is 1. The van der Waals surface area contributed by atoms with Gasteiger partial charge in [-0.25, -0.2) is 4.98 Å². The zero-order valence-corrected chi connectivity index (χ0v) is 27.7. The molecule has 4 heteroatoms. The summed E-state index contributed by atoms with van der Waals surface area (Å²) in [7, 11) is 0. The molecule has 1 aliphatic carbocycles. The van der Waals surface area contributed by atoms with Crippen LogP contribution in [0.15, 0.2) is 128 Å². The van der Waals surface area contributed by atoms with Gasteiger partial charge in [-0.1, -0.05) is 99.6 Å². The van der Waals surface area contributed by atoms with Crippen LogP contribution in [0.4, 0.5) is 0 Å². The van der Waals surface area contributed by atoms with Gasteiger partial charge in [0, 0.05) is 22.9 Å². The quantitative estimate of drug-likeness (QED) is 0.207. The molecule has 2 aromatic heterocycles. The Bertz CT molecular complexity index is 2280. The van der Waals surface area contributed by atoms with Crippen molar-refractivity contribution >= 4 is 11.0 Å². The summed E-state index contributed by atoms with van der Waals surface area (Å²) in [5, 5.41) is 11.9. The third kappa shape index (κ3) is 5.28. The third-order valence-electron chi connectivity index (χ3n) is 9.73. The Morgan fingerprint density at radius 3 is 2.21 bits per heavy atom. The van der Waals surface area contributed by atoms with E-state index in [1.165, 1.54) is 11.1 Å². The minimum atomic E-state index is -0.0680. The molecule has 5 aromatic carbocycles. The number of rotatable bonds is 5. The van der Waals surface area contributed by atoms with Crippen molar-refractivity contribution in [1.29, 1.82) is 0 Å². The smallest absolute Gasteiger partial charge is 0.149 e. The van der Waals surface area contributed by atoms with Gasteiger partial charge in [0.25, 0.3) is 0 Å². The van der Waals surface area contributed by atoms with Gasteiger partial charge in [0.1, 0.15) is 11.6 Å². The molecule has 1 N–H and O–H groups in total. The third-order valence-corrected chi connectivity index (χ3v) is 9.73. The number of para-hydroxylation sites is 2. The number of nitrogens with zero attached hydrogens (tertiary/aromatic N) is 3. The molecular formula is C44H39N3O. The van der Waals surface area contributed by atoms with Gasteiger partial charge in [-0.15, -0.1) is 0 Å². The Labute approximate surface area is 282 Å². The van der Waals surface area contributed by atoms with E-state index in [0.29, 0.717) is 5.75 Å². The van der Waals surface area contributed by atoms with Crippen molar-refractivity contribution in [2.24, 2.45) is 0 Å². The molecule has 7 aromatic rings. The topological polar surface area (TPSA) is 50.9 Å². The largest absolute Gasteiger partial charge is 0.507 e. The lowest BCUT2D eigenvalue weighted by molar-refractivity contribution is 0.463. The number of benzene rings is 5. The maximum atomic E-state index is 11.9. The first-order valence-electron chi connectivity index (χ1n) is 16.9. The fourth-order valence-corrected chi connectivity index (χ4v) is 7.17. The highest BCUT2D eigenvalue weighted by Gasteiger charge is 2.25. The Hall–Kier alpha value is -5.48. The Morgan fingerprint density at radius 2 is 1.40 bits per heavy atom. The van der Waals surface area contributed by atoms with Crippen molar-refractivity contribution in [3.63, 3.8) is 0 Å². The lowest BCUT2D eigenvalue weighted by Gasteiger charge is -2.21. The number of hydrogen-bond acceptors (Lipinski definition) is 3. The van der Waals surface area contributed by atoms with Gasteiger partial charge in [0.05, 0.1) is 28.0 Å². The van der Waals surface area contributed by atoms with E-state index in [2.05, 4.69) is 128 Å². The van der Waals surface area contributed by atoms with Gasteiger partial charge in [0.15, 0.2) is 0 Å². The number of fused-ring (bicyclic) bond motifs is 2. The minimum absolute atomic E-state index is 0.0680. The van der Waals surface area contributed by atoms with Crippen LogP contribution >= 0.6 is 0 Å². The molecular weight excluding hydrogens is 587 g/mol. The highest BCUT2D eigenvalue weighted by molar-refractivity contribution is 5.97. The van der Waals surface area contributed by atoms with E-state index in [1.807, 2.05) is 24.4 Å². The summed E-state index contributed by atoms with van der Waals surface area (Å²) in [4.78, 5) is 10.2. The van der Waals surface area contributed by atoms with Crippen LogP contribution in [-0.2, 0) is 18.3 Å². The second-order valence-electron chi connectivity index (χ2n) is 13.9. The Kier molecular flexibility index (Phi) is 7.44. The zero-order chi connectivity index (χ0) is 32.8. The second-order valence-corrected chi connectivity index (χ2v) is 13.9. The molecule has 0 aliphatic heterocycles. The maximum Gasteiger partial charge on any atom is 0.149 e. The molecule has 0 unspecified atom stereocenters. The minimum Gasteiger partial charge on any atom is -0.507 e. The SMILES string of the molecule is CC(C)(C)c1cc(-c2ccccn2)cc(-c2cccc3c2nc(-c2ccc4c(c2O)CCCC4)n3-c2ccccc2-c2ccccc2)c1.